The molecule has 0 saturated heterocycles. The first-order chi connectivity index (χ1) is 23.1. The molecule has 0 unspecified atom stereocenters. The van der Waals surface area contributed by atoms with Crippen LogP contribution in [0, 0.1) is 12.3 Å². The molecule has 0 fully saturated rings. The van der Waals surface area contributed by atoms with Gasteiger partial charge in [-0.1, -0.05) is 142 Å². The van der Waals surface area contributed by atoms with Crippen LogP contribution in [0.25, 0.3) is 10.9 Å². The summed E-state index contributed by atoms with van der Waals surface area (Å²) in [6, 6.07) is 19.9. The maximum Gasteiger partial charge on any atom is 0.266 e. The maximum atomic E-state index is 4.18. The van der Waals surface area contributed by atoms with Gasteiger partial charge in [0.2, 0.25) is 0 Å². The first-order valence-electron chi connectivity index (χ1n) is 19.3. The van der Waals surface area contributed by atoms with E-state index in [4.69, 9.17) is 0 Å². The molecule has 0 radical (unpaired) electrons. The second-order valence-electron chi connectivity index (χ2n) is 20.3. The van der Waals surface area contributed by atoms with Gasteiger partial charge in [-0.15, -0.1) is 0 Å². The minimum absolute atomic E-state index is 0.0442. The van der Waals surface area contributed by atoms with E-state index >= 15 is 0 Å². The third-order valence-corrected chi connectivity index (χ3v) is 14.5. The zero-order valence-corrected chi connectivity index (χ0v) is 34.6. The fourth-order valence-electron chi connectivity index (χ4n) is 8.87. The zero-order valence-electron chi connectivity index (χ0n) is 33.6. The van der Waals surface area contributed by atoms with Gasteiger partial charge in [0.05, 0.1) is 13.8 Å². The Morgan fingerprint density at radius 1 is 0.780 bits per heavy atom. The molecule has 262 valence electrons. The van der Waals surface area contributed by atoms with Gasteiger partial charge in [0.15, 0.2) is 0 Å². The topological polar surface area (TPSA) is 19.0 Å². The lowest BCUT2D eigenvalue weighted by atomic mass is 9.35. The van der Waals surface area contributed by atoms with Crippen molar-refractivity contribution in [2.45, 2.75) is 138 Å². The van der Waals surface area contributed by atoms with Crippen LogP contribution in [0.3, 0.4) is 0 Å². The van der Waals surface area contributed by atoms with Crippen LogP contribution in [-0.4, -0.2) is 19.8 Å². The Morgan fingerprint density at radius 3 is 2.06 bits per heavy atom. The number of rotatable bonds is 3. The molecule has 1 N–H and O–H groups in total. The van der Waals surface area contributed by atoms with Gasteiger partial charge in [-0.05, 0) is 106 Å². The van der Waals surface area contributed by atoms with Crippen LogP contribution >= 0.6 is 0 Å². The van der Waals surface area contributed by atoms with Crippen LogP contribution in [0.2, 0.25) is 19.6 Å². The van der Waals surface area contributed by atoms with Gasteiger partial charge in [0, 0.05) is 27.9 Å². The molecule has 4 heteroatoms. The maximum absolute atomic E-state index is 4.18. The van der Waals surface area contributed by atoms with Crippen molar-refractivity contribution in [1.82, 2.24) is 4.98 Å². The second kappa shape index (κ2) is 11.4. The van der Waals surface area contributed by atoms with E-state index in [1.807, 2.05) is 0 Å². The Kier molecular flexibility index (Phi) is 8.01. The van der Waals surface area contributed by atoms with E-state index in [2.05, 4.69) is 166 Å². The molecule has 0 spiro atoms. The molecule has 0 atom stereocenters. The van der Waals surface area contributed by atoms with Crippen LogP contribution in [0.1, 0.15) is 117 Å². The van der Waals surface area contributed by atoms with E-state index in [-0.39, 0.29) is 28.4 Å². The number of aromatic amines is 1. The zero-order chi connectivity index (χ0) is 36.3. The third kappa shape index (κ3) is 5.78. The number of aromatic nitrogens is 1. The first kappa shape index (κ1) is 35.2. The highest BCUT2D eigenvalue weighted by atomic mass is 28.3. The molecule has 1 aliphatic heterocycles. The van der Waals surface area contributed by atoms with Gasteiger partial charge in [0.1, 0.15) is 0 Å². The lowest BCUT2D eigenvalue weighted by Gasteiger charge is -2.42. The number of nitrogens with one attached hydrogen (secondary N) is 1. The summed E-state index contributed by atoms with van der Waals surface area (Å²) >= 11 is 0. The highest BCUT2D eigenvalue weighted by Crippen LogP contribution is 2.50. The molecule has 0 bridgehead atoms. The lowest BCUT2D eigenvalue weighted by molar-refractivity contribution is 0.332. The van der Waals surface area contributed by atoms with Gasteiger partial charge in [0.25, 0.3) is 6.71 Å². The van der Waals surface area contributed by atoms with Crippen molar-refractivity contribution in [2.75, 3.05) is 4.90 Å². The fourth-order valence-corrected chi connectivity index (χ4v) is 10.0. The van der Waals surface area contributed by atoms with E-state index in [9.17, 15) is 0 Å². The summed E-state index contributed by atoms with van der Waals surface area (Å²) < 4.78 is 0. The van der Waals surface area contributed by atoms with Crippen LogP contribution < -0.4 is 21.1 Å². The first-order valence-corrected chi connectivity index (χ1v) is 22.8. The summed E-state index contributed by atoms with van der Waals surface area (Å²) in [6.07, 6.45) is 9.77. The molecule has 7 rings (SSSR count). The smallest absolute Gasteiger partial charge is 0.266 e. The van der Waals surface area contributed by atoms with Crippen molar-refractivity contribution in [3.8, 4) is 0 Å². The molecule has 50 heavy (non-hydrogen) atoms. The van der Waals surface area contributed by atoms with Gasteiger partial charge >= 0.3 is 0 Å². The van der Waals surface area contributed by atoms with Crippen molar-refractivity contribution in [3.63, 3.8) is 0 Å². The molecule has 0 amide bonds. The summed E-state index contributed by atoms with van der Waals surface area (Å²) in [5.41, 5.74) is 17.2. The number of nitrogens with zero attached hydrogens (tertiary/aromatic N) is 1. The molecular formula is C46H61BN2Si. The highest BCUT2D eigenvalue weighted by molar-refractivity contribution is 6.94. The molecule has 0 saturated carbocycles. The van der Waals surface area contributed by atoms with Crippen molar-refractivity contribution < 1.29 is 0 Å². The predicted molar refractivity (Wildman–Crippen MR) is 225 cm³/mol. The van der Waals surface area contributed by atoms with Gasteiger partial charge in [-0.3, -0.25) is 0 Å². The Balaban J connectivity index is 1.62. The van der Waals surface area contributed by atoms with E-state index in [0.717, 1.165) is 12.8 Å². The number of anilines is 3. The molecule has 3 aromatic carbocycles. The SMILES string of the molecule is Cc1ccc(C(C)(C)C)cc1N1c2cc([Si](C)(C)C)ccc2B(C2=CCCC(C(C)(C)C)=C2)c2[nH]c3cc4c(cc3c21)C(C)(C)CCC4(C)C. The van der Waals surface area contributed by atoms with Crippen molar-refractivity contribution in [3.05, 3.63) is 94.0 Å². The van der Waals surface area contributed by atoms with Crippen molar-refractivity contribution in [2.24, 2.45) is 5.41 Å². The molecule has 2 heterocycles. The van der Waals surface area contributed by atoms with Crippen molar-refractivity contribution >= 4 is 59.0 Å². The summed E-state index contributed by atoms with van der Waals surface area (Å²) in [6.45, 7) is 33.9. The van der Waals surface area contributed by atoms with Crippen molar-refractivity contribution in [1.29, 1.82) is 0 Å². The van der Waals surface area contributed by atoms with Crippen LogP contribution in [0.5, 0.6) is 0 Å². The molecule has 2 nitrogen and oxygen atoms in total. The fraction of sp³-hybridized carbons (Fsp3) is 0.478. The molecule has 2 aliphatic carbocycles. The van der Waals surface area contributed by atoms with Crippen LogP contribution in [-0.2, 0) is 16.2 Å². The Hall–Kier alpha value is -3.24. The molecule has 1 aromatic heterocycles. The summed E-state index contributed by atoms with van der Waals surface area (Å²) in [4.78, 5) is 6.86. The van der Waals surface area contributed by atoms with E-state index in [1.165, 1.54) is 84.8 Å². The number of allylic oxidation sites excluding steroid dienone is 4. The standard InChI is InChI=1S/C46H61BN2Si/c1-29-18-19-31(44(5,6)7)25-39(29)49-40-26-33(50(12,13)14)20-21-37(40)47(32-17-15-16-30(24-32)43(2,3)4)42-41(49)34-27-35-36(28-38(34)48-42)46(10,11)23-22-45(35,8)9/h17-21,24-28,48H,15-16,22-23H2,1-14H3. The average molecular weight is 681 g/mol. The number of aryl methyl sites for hydroxylation is 1. The minimum atomic E-state index is -1.62. The minimum Gasteiger partial charge on any atom is -0.364 e. The Labute approximate surface area is 304 Å². The van der Waals surface area contributed by atoms with Gasteiger partial charge in [-0.25, -0.2) is 0 Å². The van der Waals surface area contributed by atoms with Gasteiger partial charge < -0.3 is 9.88 Å². The summed E-state index contributed by atoms with van der Waals surface area (Å²) in [7, 11) is -1.62. The Bertz CT molecular complexity index is 2080. The Morgan fingerprint density at radius 2 is 1.44 bits per heavy atom. The normalized spacial score (nSPS) is 18.8. The quantitative estimate of drug-likeness (QED) is 0.213. The van der Waals surface area contributed by atoms with E-state index in [0.29, 0.717) is 0 Å². The third-order valence-electron chi connectivity index (χ3n) is 12.5. The van der Waals surface area contributed by atoms with Crippen LogP contribution in [0.4, 0.5) is 17.1 Å². The summed E-state index contributed by atoms with van der Waals surface area (Å²) in [5.74, 6) is 0. The van der Waals surface area contributed by atoms with Gasteiger partial charge in [-0.2, -0.15) is 0 Å². The second-order valence-corrected chi connectivity index (χ2v) is 25.4. The largest absolute Gasteiger partial charge is 0.364 e. The van der Waals surface area contributed by atoms with Crippen LogP contribution in [0.15, 0.2) is 71.7 Å². The number of hydrogen-bond acceptors (Lipinski definition) is 1. The lowest BCUT2D eigenvalue weighted by Crippen LogP contribution is -2.53. The molecular weight excluding hydrogens is 619 g/mol. The number of benzene rings is 3. The van der Waals surface area contributed by atoms with E-state index < -0.39 is 8.07 Å². The summed E-state index contributed by atoms with van der Waals surface area (Å²) in [5, 5.41) is 2.87. The number of H-pyrrole nitrogens is 1. The number of hydrogen-bond donors (Lipinski definition) is 1. The predicted octanol–water partition coefficient (Wildman–Crippen LogP) is 11.3. The number of fused-ring (bicyclic) bond motifs is 5. The molecule has 3 aliphatic rings. The van der Waals surface area contributed by atoms with E-state index in [1.54, 1.807) is 5.57 Å². The monoisotopic (exact) mass is 680 g/mol. The average Bonchev–Trinajstić information content (AvgIpc) is 3.38. The molecule has 4 aromatic rings. The highest BCUT2D eigenvalue weighted by Gasteiger charge is 2.43.